The SMILES string of the molecule is COC(=O)c1cccc(C(F)(F)F)c1C1=NC(C)(C(C)C)C(=O)N1. The number of methoxy groups -OCH3 is 1. The highest BCUT2D eigenvalue weighted by atomic mass is 19.4. The number of alkyl halides is 3. The normalized spacial score (nSPS) is 20.8. The van der Waals surface area contributed by atoms with Crippen LogP contribution in [-0.4, -0.2) is 30.4 Å². The van der Waals surface area contributed by atoms with Crippen molar-refractivity contribution in [2.75, 3.05) is 7.11 Å². The molecule has 1 aromatic rings. The van der Waals surface area contributed by atoms with Crippen molar-refractivity contribution in [1.82, 2.24) is 5.32 Å². The number of nitrogens with one attached hydrogen (secondary N) is 1. The maximum absolute atomic E-state index is 13.4. The number of amides is 1. The second-order valence-corrected chi connectivity index (χ2v) is 5.93. The van der Waals surface area contributed by atoms with Gasteiger partial charge in [-0.25, -0.2) is 4.79 Å². The first kappa shape index (κ1) is 18.0. The Morgan fingerprint density at radius 3 is 2.42 bits per heavy atom. The Labute approximate surface area is 136 Å². The predicted molar refractivity (Wildman–Crippen MR) is 80.7 cm³/mol. The molecule has 2 rings (SSSR count). The van der Waals surface area contributed by atoms with Crippen LogP contribution in [0.15, 0.2) is 23.2 Å². The number of esters is 1. The van der Waals surface area contributed by atoms with Gasteiger partial charge >= 0.3 is 12.1 Å². The number of hydrogen-bond acceptors (Lipinski definition) is 4. The third kappa shape index (κ3) is 2.88. The molecule has 0 aliphatic carbocycles. The van der Waals surface area contributed by atoms with Gasteiger partial charge in [-0.2, -0.15) is 13.2 Å². The molecule has 24 heavy (non-hydrogen) atoms. The molecule has 1 amide bonds. The summed E-state index contributed by atoms with van der Waals surface area (Å²) in [4.78, 5) is 28.3. The van der Waals surface area contributed by atoms with Crippen LogP contribution >= 0.6 is 0 Å². The summed E-state index contributed by atoms with van der Waals surface area (Å²) in [5, 5.41) is 2.38. The van der Waals surface area contributed by atoms with Crippen LogP contribution in [0, 0.1) is 5.92 Å². The summed E-state index contributed by atoms with van der Waals surface area (Å²) in [6.07, 6.45) is -4.72. The average molecular weight is 342 g/mol. The summed E-state index contributed by atoms with van der Waals surface area (Å²) >= 11 is 0. The number of hydrogen-bond donors (Lipinski definition) is 1. The van der Waals surface area contributed by atoms with Gasteiger partial charge in [0.2, 0.25) is 0 Å². The topological polar surface area (TPSA) is 67.8 Å². The van der Waals surface area contributed by atoms with Gasteiger partial charge in [-0.15, -0.1) is 0 Å². The molecule has 0 saturated heterocycles. The van der Waals surface area contributed by atoms with Crippen LogP contribution in [0.2, 0.25) is 0 Å². The number of rotatable bonds is 3. The van der Waals surface area contributed by atoms with Gasteiger partial charge in [-0.3, -0.25) is 9.79 Å². The van der Waals surface area contributed by atoms with E-state index in [1.165, 1.54) is 13.0 Å². The smallest absolute Gasteiger partial charge is 0.417 e. The minimum absolute atomic E-state index is 0.241. The number of nitrogens with zero attached hydrogens (tertiary/aromatic N) is 1. The Balaban J connectivity index is 2.73. The van der Waals surface area contributed by atoms with Crippen LogP contribution in [-0.2, 0) is 15.7 Å². The van der Waals surface area contributed by atoms with E-state index in [0.717, 1.165) is 19.2 Å². The van der Waals surface area contributed by atoms with E-state index in [9.17, 15) is 22.8 Å². The lowest BCUT2D eigenvalue weighted by molar-refractivity contribution is -0.137. The van der Waals surface area contributed by atoms with Crippen LogP contribution in [0.25, 0.3) is 0 Å². The van der Waals surface area contributed by atoms with Crippen LogP contribution in [0.3, 0.4) is 0 Å². The molecule has 0 aromatic heterocycles. The Hall–Kier alpha value is -2.38. The summed E-state index contributed by atoms with van der Waals surface area (Å²) in [5.74, 6) is -1.97. The highest BCUT2D eigenvalue weighted by Crippen LogP contribution is 2.36. The van der Waals surface area contributed by atoms with Crippen molar-refractivity contribution in [2.45, 2.75) is 32.5 Å². The second kappa shape index (κ2) is 5.92. The van der Waals surface area contributed by atoms with Gasteiger partial charge in [0.15, 0.2) is 0 Å². The van der Waals surface area contributed by atoms with Gasteiger partial charge in [-0.1, -0.05) is 19.9 Å². The van der Waals surface area contributed by atoms with E-state index in [0.29, 0.717) is 0 Å². The van der Waals surface area contributed by atoms with E-state index in [4.69, 9.17) is 0 Å². The Kier molecular flexibility index (Phi) is 4.43. The van der Waals surface area contributed by atoms with Crippen molar-refractivity contribution < 1.29 is 27.5 Å². The van der Waals surface area contributed by atoms with Gasteiger partial charge in [0.05, 0.1) is 18.2 Å². The van der Waals surface area contributed by atoms with Gasteiger partial charge in [0.1, 0.15) is 11.4 Å². The first-order valence-electron chi connectivity index (χ1n) is 7.22. The third-order valence-electron chi connectivity index (χ3n) is 4.17. The Morgan fingerprint density at radius 2 is 1.96 bits per heavy atom. The molecule has 1 N–H and O–H groups in total. The molecule has 1 atom stereocenters. The van der Waals surface area contributed by atoms with Crippen LogP contribution in [0.5, 0.6) is 0 Å². The standard InChI is InChI=1S/C16H17F3N2O3/c1-8(2)15(3)14(23)20-12(21-15)11-9(13(22)24-4)6-5-7-10(11)16(17,18)19/h5-8H,1-4H3,(H,20,21,23). The minimum atomic E-state index is -4.72. The first-order chi connectivity index (χ1) is 11.0. The summed E-state index contributed by atoms with van der Waals surface area (Å²) in [5.41, 5.74) is -3.05. The quantitative estimate of drug-likeness (QED) is 0.859. The number of benzene rings is 1. The number of carbonyl (C=O) groups excluding carboxylic acids is 2. The molecule has 1 unspecified atom stereocenters. The summed E-state index contributed by atoms with van der Waals surface area (Å²) in [7, 11) is 1.07. The zero-order valence-electron chi connectivity index (χ0n) is 13.6. The molecular weight excluding hydrogens is 325 g/mol. The van der Waals surface area contributed by atoms with Gasteiger partial charge < -0.3 is 10.1 Å². The molecule has 0 spiro atoms. The molecule has 8 heteroatoms. The molecule has 0 fully saturated rings. The molecule has 0 bridgehead atoms. The zero-order chi connectivity index (χ0) is 18.3. The van der Waals surface area contributed by atoms with E-state index in [1.807, 2.05) is 0 Å². The van der Waals surface area contributed by atoms with Crippen molar-refractivity contribution in [2.24, 2.45) is 10.9 Å². The maximum atomic E-state index is 13.4. The van der Waals surface area contributed by atoms with Crippen molar-refractivity contribution in [1.29, 1.82) is 0 Å². The van der Waals surface area contributed by atoms with Crippen molar-refractivity contribution >= 4 is 17.7 Å². The summed E-state index contributed by atoms with van der Waals surface area (Å²) in [6, 6.07) is 3.15. The Bertz CT molecular complexity index is 726. The van der Waals surface area contributed by atoms with Gasteiger partial charge in [0.25, 0.3) is 5.91 Å². The number of carbonyl (C=O) groups is 2. The van der Waals surface area contributed by atoms with Crippen LogP contribution in [0.1, 0.15) is 42.3 Å². The lowest BCUT2D eigenvalue weighted by Gasteiger charge is -2.21. The second-order valence-electron chi connectivity index (χ2n) is 5.93. The highest BCUT2D eigenvalue weighted by molar-refractivity contribution is 6.19. The Morgan fingerprint density at radius 1 is 1.33 bits per heavy atom. The van der Waals surface area contributed by atoms with Crippen LogP contribution < -0.4 is 5.32 Å². The third-order valence-corrected chi connectivity index (χ3v) is 4.17. The summed E-state index contributed by atoms with van der Waals surface area (Å²) in [6.45, 7) is 5.01. The average Bonchev–Trinajstić information content (AvgIpc) is 2.81. The van der Waals surface area contributed by atoms with Gasteiger partial charge in [0, 0.05) is 5.56 Å². The molecule has 130 valence electrons. The summed E-state index contributed by atoms with van der Waals surface area (Å²) < 4.78 is 44.7. The lowest BCUT2D eigenvalue weighted by Crippen LogP contribution is -2.41. The molecule has 0 radical (unpaired) electrons. The first-order valence-corrected chi connectivity index (χ1v) is 7.22. The minimum Gasteiger partial charge on any atom is -0.465 e. The van der Waals surface area contributed by atoms with E-state index in [2.05, 4.69) is 15.0 Å². The van der Waals surface area contributed by atoms with E-state index >= 15 is 0 Å². The number of ether oxygens (including phenoxy) is 1. The largest absolute Gasteiger partial charge is 0.465 e. The van der Waals surface area contributed by atoms with Crippen molar-refractivity contribution in [3.05, 3.63) is 34.9 Å². The fourth-order valence-corrected chi connectivity index (χ4v) is 2.38. The van der Waals surface area contributed by atoms with E-state index in [-0.39, 0.29) is 17.3 Å². The molecule has 1 aliphatic rings. The number of halogens is 3. The van der Waals surface area contributed by atoms with Crippen LogP contribution in [0.4, 0.5) is 13.2 Å². The molecule has 1 aromatic carbocycles. The fraction of sp³-hybridized carbons (Fsp3) is 0.438. The molecule has 1 aliphatic heterocycles. The molecule has 0 saturated carbocycles. The predicted octanol–water partition coefficient (Wildman–Crippen LogP) is 2.78. The maximum Gasteiger partial charge on any atom is 0.417 e. The van der Waals surface area contributed by atoms with Crippen molar-refractivity contribution in [3.63, 3.8) is 0 Å². The van der Waals surface area contributed by atoms with E-state index < -0.39 is 34.7 Å². The number of amidine groups is 1. The monoisotopic (exact) mass is 342 g/mol. The lowest BCUT2D eigenvalue weighted by atomic mass is 9.89. The fourth-order valence-electron chi connectivity index (χ4n) is 2.38. The van der Waals surface area contributed by atoms with Crippen molar-refractivity contribution in [3.8, 4) is 0 Å². The molecular formula is C16H17F3N2O3. The molecule has 5 nitrogen and oxygen atoms in total. The highest BCUT2D eigenvalue weighted by Gasteiger charge is 2.45. The number of aliphatic imine (C=N–C) groups is 1. The molecule has 1 heterocycles. The zero-order valence-corrected chi connectivity index (χ0v) is 13.6. The van der Waals surface area contributed by atoms with E-state index in [1.54, 1.807) is 13.8 Å². The van der Waals surface area contributed by atoms with Gasteiger partial charge in [-0.05, 0) is 25.0 Å².